The Labute approximate surface area is 197 Å². The first kappa shape index (κ1) is 26.6. The van der Waals surface area contributed by atoms with Gasteiger partial charge in [0.25, 0.3) is 5.91 Å². The maximum atomic E-state index is 14.5. The number of hydrogen-bond donors (Lipinski definition) is 4. The first-order valence-corrected chi connectivity index (χ1v) is 12.7. The molecule has 2 aromatic carbocycles. The van der Waals surface area contributed by atoms with Crippen molar-refractivity contribution in [2.24, 2.45) is 0 Å². The molecule has 0 spiro atoms. The van der Waals surface area contributed by atoms with Crippen LogP contribution in [0.15, 0.2) is 41.3 Å². The van der Waals surface area contributed by atoms with Crippen molar-refractivity contribution >= 4 is 41.0 Å². The second kappa shape index (κ2) is 10.3. The van der Waals surface area contributed by atoms with Gasteiger partial charge in [-0.1, -0.05) is 11.6 Å². The molecule has 1 fully saturated rings. The lowest BCUT2D eigenvalue weighted by atomic mass is 10.2. The third-order valence-corrected chi connectivity index (χ3v) is 7.13. The molecule has 1 amide bonds. The minimum atomic E-state index is -5.08. The summed E-state index contributed by atoms with van der Waals surface area (Å²) < 4.78 is 75.0. The topological polar surface area (TPSA) is 163 Å². The van der Waals surface area contributed by atoms with Gasteiger partial charge in [0.15, 0.2) is 6.29 Å². The number of sulfonamides is 1. The molecule has 34 heavy (non-hydrogen) atoms. The highest BCUT2D eigenvalue weighted by Gasteiger charge is 2.37. The van der Waals surface area contributed by atoms with Crippen LogP contribution in [0.3, 0.4) is 0 Å². The van der Waals surface area contributed by atoms with E-state index < -0.39 is 72.4 Å². The first-order chi connectivity index (χ1) is 15.8. The van der Waals surface area contributed by atoms with Crippen LogP contribution in [-0.4, -0.2) is 65.6 Å². The lowest BCUT2D eigenvalue weighted by molar-refractivity contribution is -0.100. The maximum Gasteiger partial charge on any atom is 0.471 e. The Balaban J connectivity index is 1.89. The molecule has 0 radical (unpaired) electrons. The van der Waals surface area contributed by atoms with E-state index in [1.807, 2.05) is 0 Å². The fourth-order valence-electron chi connectivity index (χ4n) is 2.97. The average molecular weight is 543 g/mol. The van der Waals surface area contributed by atoms with E-state index in [4.69, 9.17) is 26.1 Å². The van der Waals surface area contributed by atoms with Crippen LogP contribution in [0.1, 0.15) is 10.4 Å². The molecule has 3 rings (SSSR count). The number of β-amino-alcohol motifs (C(OH)–C–C–N with tert-alkyl or cyclic N) is 1. The van der Waals surface area contributed by atoms with Gasteiger partial charge in [0.05, 0.1) is 24.3 Å². The Kier molecular flexibility index (Phi) is 8.07. The predicted octanol–water partition coefficient (Wildman–Crippen LogP) is 1.69. The number of halogens is 3. The van der Waals surface area contributed by atoms with E-state index in [9.17, 15) is 31.7 Å². The Morgan fingerprint density at radius 3 is 2.50 bits per heavy atom. The van der Waals surface area contributed by atoms with Gasteiger partial charge in [-0.25, -0.2) is 21.8 Å². The number of carbonyl (C=O) groups excluding carboxylic acids is 1. The van der Waals surface area contributed by atoms with Crippen molar-refractivity contribution in [3.8, 4) is 0 Å². The number of carbonyl (C=O) groups is 1. The molecule has 0 bridgehead atoms. The van der Waals surface area contributed by atoms with Gasteiger partial charge in [-0.15, -0.1) is 0 Å². The van der Waals surface area contributed by atoms with Gasteiger partial charge in [0.1, 0.15) is 16.5 Å². The second-order valence-corrected chi connectivity index (χ2v) is 10.6. The number of benzene rings is 2. The van der Waals surface area contributed by atoms with Gasteiger partial charge in [0, 0.05) is 17.8 Å². The molecule has 186 valence electrons. The summed E-state index contributed by atoms with van der Waals surface area (Å²) in [5.74, 6) is -2.81. The van der Waals surface area contributed by atoms with Crippen LogP contribution in [-0.2, 0) is 23.8 Å². The molecule has 4 N–H and O–H groups in total. The number of aliphatic hydroxyl groups excluding tert-OH is 1. The van der Waals surface area contributed by atoms with Crippen molar-refractivity contribution in [2.75, 3.05) is 25.0 Å². The monoisotopic (exact) mass is 542 g/mol. The van der Waals surface area contributed by atoms with Crippen LogP contribution in [0.25, 0.3) is 0 Å². The molecule has 1 aliphatic rings. The fourth-order valence-corrected chi connectivity index (χ4v) is 5.14. The highest BCUT2D eigenvalue weighted by Crippen LogP contribution is 2.38. The van der Waals surface area contributed by atoms with E-state index in [-0.39, 0.29) is 16.3 Å². The van der Waals surface area contributed by atoms with E-state index in [1.54, 1.807) is 0 Å². The van der Waals surface area contributed by atoms with Crippen LogP contribution in [0.5, 0.6) is 0 Å². The van der Waals surface area contributed by atoms with Crippen LogP contribution in [0.2, 0.25) is 5.02 Å². The van der Waals surface area contributed by atoms with Gasteiger partial charge < -0.3 is 24.9 Å². The van der Waals surface area contributed by atoms with Crippen LogP contribution < -0.4 is 5.32 Å². The third-order valence-electron chi connectivity index (χ3n) is 4.49. The summed E-state index contributed by atoms with van der Waals surface area (Å²) in [7, 11) is -9.83. The standard InChI is InChI=1S/C18H18ClF2N2O9PS/c19-13-6-11(2-4-14(13)20)22-18(25)10-1-3-15(21)16(5-10)34(29,30)23-7-12(24)9-31-17(8-23)32-33(26,27)28/h1-6,12,17,24H,7-9H2,(H,22,25)(H2,26,27,28)/t12-,17+/m0/s1. The summed E-state index contributed by atoms with van der Waals surface area (Å²) in [6.45, 7) is -1.90. The number of phosphoric ester groups is 1. The Bertz CT molecular complexity index is 1240. The van der Waals surface area contributed by atoms with Gasteiger partial charge >= 0.3 is 7.82 Å². The van der Waals surface area contributed by atoms with Gasteiger partial charge in [0.2, 0.25) is 10.0 Å². The van der Waals surface area contributed by atoms with Crippen molar-refractivity contribution < 1.29 is 50.7 Å². The van der Waals surface area contributed by atoms with E-state index in [1.165, 1.54) is 6.07 Å². The number of nitrogens with zero attached hydrogens (tertiary/aromatic N) is 1. The van der Waals surface area contributed by atoms with Crippen molar-refractivity contribution in [1.29, 1.82) is 0 Å². The molecule has 2 aromatic rings. The zero-order chi connectivity index (χ0) is 25.3. The van der Waals surface area contributed by atoms with E-state index in [0.717, 1.165) is 30.3 Å². The zero-order valence-corrected chi connectivity index (χ0v) is 19.4. The number of ether oxygens (including phenoxy) is 1. The third kappa shape index (κ3) is 6.56. The Hall–Kier alpha value is -2.00. The molecule has 0 aliphatic carbocycles. The number of phosphoric acid groups is 1. The molecular weight excluding hydrogens is 525 g/mol. The number of anilines is 1. The van der Waals surface area contributed by atoms with Crippen LogP contribution in [0.4, 0.5) is 14.5 Å². The molecule has 11 nitrogen and oxygen atoms in total. The maximum absolute atomic E-state index is 14.5. The predicted molar refractivity (Wildman–Crippen MR) is 113 cm³/mol. The van der Waals surface area contributed by atoms with Gasteiger partial charge in [-0.2, -0.15) is 4.31 Å². The molecule has 1 aliphatic heterocycles. The molecule has 16 heteroatoms. The van der Waals surface area contributed by atoms with E-state index in [2.05, 4.69) is 9.84 Å². The van der Waals surface area contributed by atoms with Crippen LogP contribution in [0, 0.1) is 11.6 Å². The summed E-state index contributed by atoms with van der Waals surface area (Å²) in [5.41, 5.74) is -0.189. The number of hydrogen-bond acceptors (Lipinski definition) is 7. The quantitative estimate of drug-likeness (QED) is 0.398. The van der Waals surface area contributed by atoms with Crippen LogP contribution >= 0.6 is 19.4 Å². The molecule has 0 unspecified atom stereocenters. The number of amides is 1. The summed E-state index contributed by atoms with van der Waals surface area (Å²) in [6, 6.07) is 5.81. The summed E-state index contributed by atoms with van der Waals surface area (Å²) in [4.78, 5) is 29.6. The highest BCUT2D eigenvalue weighted by atomic mass is 35.5. The minimum absolute atomic E-state index is 0.0929. The molecule has 2 atom stereocenters. The van der Waals surface area contributed by atoms with Gasteiger partial charge in [-0.05, 0) is 36.4 Å². The molecule has 0 aromatic heterocycles. The summed E-state index contributed by atoms with van der Waals surface area (Å²) in [6.07, 6.45) is -3.18. The number of nitrogens with one attached hydrogen (secondary N) is 1. The minimum Gasteiger partial charge on any atom is -0.389 e. The zero-order valence-electron chi connectivity index (χ0n) is 17.0. The van der Waals surface area contributed by atoms with E-state index >= 15 is 0 Å². The average Bonchev–Trinajstić information content (AvgIpc) is 2.91. The second-order valence-electron chi connectivity index (χ2n) is 7.06. The fraction of sp³-hybridized carbons (Fsp3) is 0.278. The largest absolute Gasteiger partial charge is 0.471 e. The summed E-state index contributed by atoms with van der Waals surface area (Å²) in [5, 5.41) is 12.0. The molecular formula is C18H18ClF2N2O9PS. The normalized spacial score (nSPS) is 20.1. The lowest BCUT2D eigenvalue weighted by Crippen LogP contribution is -2.40. The lowest BCUT2D eigenvalue weighted by Gasteiger charge is -2.24. The Morgan fingerprint density at radius 2 is 1.85 bits per heavy atom. The SMILES string of the molecule is O=C(Nc1ccc(F)c(Cl)c1)c1ccc(F)c(S(=O)(=O)N2C[C@H](O)CO[C@H](OP(=O)(O)O)C2)c1. The van der Waals surface area contributed by atoms with Crippen molar-refractivity contribution in [1.82, 2.24) is 4.31 Å². The van der Waals surface area contributed by atoms with Crippen molar-refractivity contribution in [3.05, 3.63) is 58.6 Å². The van der Waals surface area contributed by atoms with E-state index in [0.29, 0.717) is 4.31 Å². The molecule has 0 saturated carbocycles. The molecule has 1 heterocycles. The highest BCUT2D eigenvalue weighted by molar-refractivity contribution is 7.89. The number of rotatable bonds is 6. The smallest absolute Gasteiger partial charge is 0.389 e. The van der Waals surface area contributed by atoms with Gasteiger partial charge in [-0.3, -0.25) is 9.32 Å². The number of aliphatic hydroxyl groups is 1. The Morgan fingerprint density at radius 1 is 1.18 bits per heavy atom. The summed E-state index contributed by atoms with van der Waals surface area (Å²) >= 11 is 5.66. The van der Waals surface area contributed by atoms with Crippen molar-refractivity contribution in [3.63, 3.8) is 0 Å². The molecule has 1 saturated heterocycles. The first-order valence-electron chi connectivity index (χ1n) is 9.36. The van der Waals surface area contributed by atoms with Crippen molar-refractivity contribution in [2.45, 2.75) is 17.3 Å².